The molecule has 0 saturated heterocycles. The molecule has 4 nitrogen and oxygen atoms in total. The summed E-state index contributed by atoms with van der Waals surface area (Å²) in [5, 5.41) is 13.0. The highest BCUT2D eigenvalue weighted by Gasteiger charge is 2.14. The second-order valence-corrected chi connectivity index (χ2v) is 8.54. The van der Waals surface area contributed by atoms with Gasteiger partial charge in [-0.25, -0.2) is 0 Å². The van der Waals surface area contributed by atoms with Crippen molar-refractivity contribution in [2.24, 2.45) is 0 Å². The normalized spacial score (nSPS) is 11.3. The molecule has 0 spiro atoms. The number of hydrogen-bond donors (Lipinski definition) is 1. The van der Waals surface area contributed by atoms with E-state index in [0.717, 1.165) is 40.0 Å². The molecule has 0 bridgehead atoms. The Bertz CT molecular complexity index is 1160. The second kappa shape index (κ2) is 10.5. The first-order valence-electron chi connectivity index (χ1n) is 9.99. The fraction of sp³-hybridized carbons (Fsp3) is 0.200. The molecule has 3 rings (SSSR count). The molecule has 1 heterocycles. The molecule has 1 amide bonds. The number of nitrogens with one attached hydrogen (secondary N) is 1. The van der Waals surface area contributed by atoms with Gasteiger partial charge in [0, 0.05) is 28.1 Å². The van der Waals surface area contributed by atoms with E-state index in [1.54, 1.807) is 6.08 Å². The van der Waals surface area contributed by atoms with Gasteiger partial charge in [-0.3, -0.25) is 4.79 Å². The molecular formula is C25H23BrClN3O. The van der Waals surface area contributed by atoms with Crippen LogP contribution in [0.1, 0.15) is 28.9 Å². The number of aryl methyl sites for hydroxylation is 2. The molecule has 1 aromatic heterocycles. The molecular weight excluding hydrogens is 474 g/mol. The number of nitriles is 1. The van der Waals surface area contributed by atoms with E-state index in [1.807, 2.05) is 62.4 Å². The van der Waals surface area contributed by atoms with E-state index >= 15 is 0 Å². The van der Waals surface area contributed by atoms with Gasteiger partial charge in [0.1, 0.15) is 11.6 Å². The van der Waals surface area contributed by atoms with Crippen LogP contribution >= 0.6 is 27.5 Å². The number of nitrogens with zero attached hydrogens (tertiary/aromatic N) is 2. The summed E-state index contributed by atoms with van der Waals surface area (Å²) in [7, 11) is 0. The Balaban J connectivity index is 1.72. The lowest BCUT2D eigenvalue weighted by Gasteiger charge is -2.11. The summed E-state index contributed by atoms with van der Waals surface area (Å²) in [6.07, 6.45) is 3.34. The third kappa shape index (κ3) is 5.66. The van der Waals surface area contributed by atoms with Gasteiger partial charge in [0.2, 0.25) is 0 Å². The Kier molecular flexibility index (Phi) is 7.73. The van der Waals surface area contributed by atoms with Crippen LogP contribution in [0.4, 0.5) is 0 Å². The highest BCUT2D eigenvalue weighted by Crippen LogP contribution is 2.28. The van der Waals surface area contributed by atoms with Crippen LogP contribution in [0.15, 0.2) is 64.6 Å². The Morgan fingerprint density at radius 3 is 2.61 bits per heavy atom. The molecule has 0 unspecified atom stereocenters. The lowest BCUT2D eigenvalue weighted by Crippen LogP contribution is -2.25. The second-order valence-electron chi connectivity index (χ2n) is 7.28. The fourth-order valence-electron chi connectivity index (χ4n) is 3.49. The monoisotopic (exact) mass is 495 g/mol. The zero-order valence-corrected chi connectivity index (χ0v) is 19.8. The maximum absolute atomic E-state index is 12.5. The van der Waals surface area contributed by atoms with Crippen LogP contribution in [-0.2, 0) is 11.2 Å². The molecule has 0 aliphatic carbocycles. The highest BCUT2D eigenvalue weighted by molar-refractivity contribution is 9.10. The molecule has 0 saturated carbocycles. The van der Waals surface area contributed by atoms with Crippen LogP contribution in [0.5, 0.6) is 0 Å². The predicted molar refractivity (Wildman–Crippen MR) is 129 cm³/mol. The topological polar surface area (TPSA) is 57.8 Å². The first-order chi connectivity index (χ1) is 14.9. The minimum Gasteiger partial charge on any atom is -0.351 e. The predicted octanol–water partition coefficient (Wildman–Crippen LogP) is 6.17. The summed E-state index contributed by atoms with van der Waals surface area (Å²) in [5.74, 6) is -0.355. The Labute approximate surface area is 196 Å². The van der Waals surface area contributed by atoms with Crippen molar-refractivity contribution in [2.75, 3.05) is 6.54 Å². The molecule has 0 aliphatic rings. The molecule has 31 heavy (non-hydrogen) atoms. The summed E-state index contributed by atoms with van der Waals surface area (Å²) < 4.78 is 2.88. The van der Waals surface area contributed by atoms with E-state index in [9.17, 15) is 10.1 Å². The van der Waals surface area contributed by atoms with Gasteiger partial charge in [0.15, 0.2) is 0 Å². The van der Waals surface area contributed by atoms with E-state index < -0.39 is 0 Å². The summed E-state index contributed by atoms with van der Waals surface area (Å²) in [4.78, 5) is 12.5. The van der Waals surface area contributed by atoms with Gasteiger partial charge >= 0.3 is 0 Å². The van der Waals surface area contributed by atoms with Crippen molar-refractivity contribution in [1.82, 2.24) is 9.88 Å². The van der Waals surface area contributed by atoms with Crippen LogP contribution in [0.2, 0.25) is 5.02 Å². The molecule has 6 heteroatoms. The number of hydrogen-bond acceptors (Lipinski definition) is 2. The van der Waals surface area contributed by atoms with Gasteiger partial charge in [0.05, 0.1) is 5.02 Å². The molecule has 3 aromatic rings. The van der Waals surface area contributed by atoms with Gasteiger partial charge in [-0.2, -0.15) is 5.26 Å². The number of amides is 1. The first kappa shape index (κ1) is 22.9. The van der Waals surface area contributed by atoms with E-state index in [4.69, 9.17) is 11.6 Å². The quantitative estimate of drug-likeness (QED) is 0.242. The van der Waals surface area contributed by atoms with E-state index in [1.165, 1.54) is 5.56 Å². The Morgan fingerprint density at radius 1 is 1.19 bits per heavy atom. The first-order valence-corrected chi connectivity index (χ1v) is 11.2. The SMILES string of the molecule is Cc1cc(/C=C(/C#N)C(=O)NCCCc2ccccc2)c(C)n1-c1ccc(Br)c(Cl)c1. The van der Waals surface area contributed by atoms with Crippen molar-refractivity contribution < 1.29 is 4.79 Å². The lowest BCUT2D eigenvalue weighted by atomic mass is 10.1. The van der Waals surface area contributed by atoms with Crippen molar-refractivity contribution in [3.8, 4) is 11.8 Å². The molecule has 1 N–H and O–H groups in total. The molecule has 0 aliphatic heterocycles. The summed E-state index contributed by atoms with van der Waals surface area (Å²) >= 11 is 9.66. The van der Waals surface area contributed by atoms with Crippen LogP contribution < -0.4 is 5.32 Å². The van der Waals surface area contributed by atoms with Crippen molar-refractivity contribution >= 4 is 39.5 Å². The van der Waals surface area contributed by atoms with E-state index in [-0.39, 0.29) is 11.5 Å². The Hall–Kier alpha value is -2.81. The number of benzene rings is 2. The summed E-state index contributed by atoms with van der Waals surface area (Å²) in [5.41, 5.74) is 4.99. The molecule has 0 atom stereocenters. The highest BCUT2D eigenvalue weighted by atomic mass is 79.9. The van der Waals surface area contributed by atoms with Crippen molar-refractivity contribution in [1.29, 1.82) is 5.26 Å². The maximum Gasteiger partial charge on any atom is 0.261 e. The van der Waals surface area contributed by atoms with Gasteiger partial charge < -0.3 is 9.88 Å². The average Bonchev–Trinajstić information content (AvgIpc) is 3.05. The number of carbonyl (C=O) groups is 1. The smallest absolute Gasteiger partial charge is 0.261 e. The zero-order valence-electron chi connectivity index (χ0n) is 17.5. The van der Waals surface area contributed by atoms with Crippen molar-refractivity contribution in [3.05, 3.63) is 92.2 Å². The number of carbonyl (C=O) groups excluding carboxylic acids is 1. The van der Waals surface area contributed by atoms with Crippen LogP contribution in [0.3, 0.4) is 0 Å². The zero-order chi connectivity index (χ0) is 22.4. The average molecular weight is 497 g/mol. The standard InChI is InChI=1S/C25H23BrClN3O/c1-17-13-20(18(2)30(17)22-10-11-23(26)24(27)15-22)14-21(16-28)25(31)29-12-6-9-19-7-4-3-5-8-19/h3-5,7-8,10-11,13-15H,6,9,12H2,1-2H3,(H,29,31)/b21-14-. The molecule has 158 valence electrons. The third-order valence-electron chi connectivity index (χ3n) is 5.07. The number of rotatable bonds is 7. The van der Waals surface area contributed by atoms with E-state index in [0.29, 0.717) is 11.6 Å². The fourth-order valence-corrected chi connectivity index (χ4v) is 3.92. The van der Waals surface area contributed by atoms with Crippen molar-refractivity contribution in [3.63, 3.8) is 0 Å². The lowest BCUT2D eigenvalue weighted by molar-refractivity contribution is -0.117. The Morgan fingerprint density at radius 2 is 1.94 bits per heavy atom. The van der Waals surface area contributed by atoms with Gasteiger partial charge in [-0.05, 0) is 84.1 Å². The van der Waals surface area contributed by atoms with Crippen LogP contribution in [-0.4, -0.2) is 17.0 Å². The molecule has 0 radical (unpaired) electrons. The van der Waals surface area contributed by atoms with Crippen LogP contribution in [0, 0.1) is 25.2 Å². The largest absolute Gasteiger partial charge is 0.351 e. The van der Waals surface area contributed by atoms with E-state index in [2.05, 4.69) is 37.9 Å². The summed E-state index contributed by atoms with van der Waals surface area (Å²) in [6, 6.07) is 19.9. The van der Waals surface area contributed by atoms with Gasteiger partial charge in [-0.1, -0.05) is 41.9 Å². The number of halogens is 2. The van der Waals surface area contributed by atoms with Crippen molar-refractivity contribution in [2.45, 2.75) is 26.7 Å². The van der Waals surface area contributed by atoms with Gasteiger partial charge in [-0.15, -0.1) is 0 Å². The minimum atomic E-state index is -0.355. The van der Waals surface area contributed by atoms with Crippen LogP contribution in [0.25, 0.3) is 11.8 Å². The minimum absolute atomic E-state index is 0.0915. The third-order valence-corrected chi connectivity index (χ3v) is 6.30. The van der Waals surface area contributed by atoms with Gasteiger partial charge in [0.25, 0.3) is 5.91 Å². The molecule has 2 aromatic carbocycles. The number of aromatic nitrogens is 1. The molecule has 0 fully saturated rings. The summed E-state index contributed by atoms with van der Waals surface area (Å²) in [6.45, 7) is 4.46. The maximum atomic E-state index is 12.5.